The molecule has 224 valence electrons. The minimum atomic E-state index is -4.14. The number of carbonyl (C=O) groups excluding carboxylic acids is 2. The van der Waals surface area contributed by atoms with Crippen molar-refractivity contribution in [3.05, 3.63) is 78.4 Å². The van der Waals surface area contributed by atoms with Gasteiger partial charge in [-0.15, -0.1) is 0 Å². The maximum Gasteiger partial charge on any atom is 0.328 e. The molecule has 1 aliphatic heterocycles. The van der Waals surface area contributed by atoms with Gasteiger partial charge in [-0.2, -0.15) is 0 Å². The largest absolute Gasteiger partial charge is 0.371 e. The molecule has 0 saturated carbocycles. The van der Waals surface area contributed by atoms with E-state index in [0.717, 1.165) is 12.8 Å². The first kappa shape index (κ1) is 30.8. The van der Waals surface area contributed by atoms with Crippen molar-refractivity contribution in [1.29, 1.82) is 0 Å². The Bertz CT molecular complexity index is 1480. The summed E-state index contributed by atoms with van der Waals surface area (Å²) in [5.74, 6) is -1.67. The number of hydroxylamine groups is 1. The number of amides is 1. The van der Waals surface area contributed by atoms with Gasteiger partial charge >= 0.3 is 5.97 Å². The molecular formula is C29H35FN6O5S. The molecule has 4 rings (SSSR count). The van der Waals surface area contributed by atoms with E-state index in [4.69, 9.17) is 4.84 Å². The second-order valence-electron chi connectivity index (χ2n) is 10.8. The summed E-state index contributed by atoms with van der Waals surface area (Å²) < 4.78 is 41.5. The van der Waals surface area contributed by atoms with Crippen LogP contribution in [-0.2, 0) is 19.7 Å². The summed E-state index contributed by atoms with van der Waals surface area (Å²) >= 11 is 0. The van der Waals surface area contributed by atoms with Crippen LogP contribution in [-0.4, -0.2) is 65.9 Å². The van der Waals surface area contributed by atoms with Crippen LogP contribution in [0.4, 0.5) is 16.0 Å². The molecule has 0 aliphatic carbocycles. The van der Waals surface area contributed by atoms with Gasteiger partial charge in [0.2, 0.25) is 5.95 Å². The van der Waals surface area contributed by atoms with E-state index in [-0.39, 0.29) is 29.5 Å². The fourth-order valence-corrected chi connectivity index (χ4v) is 6.06. The van der Waals surface area contributed by atoms with Crippen LogP contribution in [0.15, 0.2) is 71.9 Å². The maximum atomic E-state index is 14.6. The highest BCUT2D eigenvalue weighted by Crippen LogP contribution is 2.26. The van der Waals surface area contributed by atoms with Crippen molar-refractivity contribution in [3.8, 4) is 0 Å². The molecule has 3 aromatic rings. The minimum absolute atomic E-state index is 0.0258. The first-order valence-electron chi connectivity index (χ1n) is 13.6. The van der Waals surface area contributed by atoms with E-state index in [2.05, 4.69) is 25.5 Å². The summed E-state index contributed by atoms with van der Waals surface area (Å²) in [6, 6.07) is 13.9. The number of piperidine rings is 1. The van der Waals surface area contributed by atoms with Gasteiger partial charge in [-0.1, -0.05) is 18.2 Å². The Balaban J connectivity index is 1.31. The van der Waals surface area contributed by atoms with E-state index in [0.29, 0.717) is 29.2 Å². The summed E-state index contributed by atoms with van der Waals surface area (Å²) in [7, 11) is -4.14. The average molecular weight is 599 g/mol. The van der Waals surface area contributed by atoms with Crippen molar-refractivity contribution in [2.45, 2.75) is 56.5 Å². The predicted molar refractivity (Wildman–Crippen MR) is 156 cm³/mol. The number of carbonyl (C=O) groups is 2. The molecule has 0 spiro atoms. The van der Waals surface area contributed by atoms with Gasteiger partial charge in [-0.05, 0) is 74.5 Å². The van der Waals surface area contributed by atoms with Gasteiger partial charge in [0.05, 0.1) is 22.4 Å². The number of anilines is 2. The monoisotopic (exact) mass is 598 g/mol. The van der Waals surface area contributed by atoms with Crippen molar-refractivity contribution in [1.82, 2.24) is 19.8 Å². The number of nitrogens with one attached hydrogen (secondary N) is 2. The standard InChI is InChI=1S/C29H35FN6O5S/c1-29(2,3)36(42(39,40)23-8-5-4-6-9-23)41-26(37)12-17-31-27(38)24-20-22(10-11-25(24)30)35-18-13-21(14-19-35)34-28-32-15-7-16-33-28/h4-11,15-16,20-21H,12-14,17-19H2,1-3H3,(H,31,38)(H,32,33,34). The summed E-state index contributed by atoms with van der Waals surface area (Å²) in [6.45, 7) is 5.99. The summed E-state index contributed by atoms with van der Waals surface area (Å²) in [5, 5.41) is 5.84. The van der Waals surface area contributed by atoms with Crippen LogP contribution in [0.5, 0.6) is 0 Å². The fourth-order valence-electron chi connectivity index (χ4n) is 4.47. The minimum Gasteiger partial charge on any atom is -0.371 e. The Morgan fingerprint density at radius 3 is 2.36 bits per heavy atom. The molecule has 1 fully saturated rings. The van der Waals surface area contributed by atoms with E-state index < -0.39 is 33.3 Å². The molecule has 0 bridgehead atoms. The van der Waals surface area contributed by atoms with E-state index in [1.54, 1.807) is 63.5 Å². The Morgan fingerprint density at radius 2 is 1.71 bits per heavy atom. The molecule has 1 amide bonds. The number of hydrogen-bond donors (Lipinski definition) is 2. The van der Waals surface area contributed by atoms with E-state index >= 15 is 0 Å². The number of benzene rings is 2. The van der Waals surface area contributed by atoms with Gasteiger partial charge in [0, 0.05) is 43.8 Å². The topological polar surface area (TPSA) is 134 Å². The van der Waals surface area contributed by atoms with Crippen LogP contribution in [0.1, 0.15) is 50.4 Å². The summed E-state index contributed by atoms with van der Waals surface area (Å²) in [6.07, 6.45) is 4.65. The lowest BCUT2D eigenvalue weighted by atomic mass is 10.0. The molecule has 0 atom stereocenters. The second-order valence-corrected chi connectivity index (χ2v) is 12.6. The molecule has 0 unspecified atom stereocenters. The van der Waals surface area contributed by atoms with Crippen LogP contribution >= 0.6 is 0 Å². The number of halogens is 1. The first-order valence-corrected chi connectivity index (χ1v) is 15.1. The highest BCUT2D eigenvalue weighted by molar-refractivity contribution is 7.89. The molecule has 2 N–H and O–H groups in total. The number of nitrogens with zero attached hydrogens (tertiary/aromatic N) is 4. The second kappa shape index (κ2) is 13.3. The number of hydrogen-bond acceptors (Lipinski definition) is 9. The van der Waals surface area contributed by atoms with Crippen molar-refractivity contribution in [2.24, 2.45) is 0 Å². The van der Waals surface area contributed by atoms with Gasteiger partial charge in [-0.25, -0.2) is 22.8 Å². The normalized spacial score (nSPS) is 14.5. The molecule has 13 heteroatoms. The zero-order chi connectivity index (χ0) is 30.3. The van der Waals surface area contributed by atoms with Crippen molar-refractivity contribution in [2.75, 3.05) is 29.9 Å². The smallest absolute Gasteiger partial charge is 0.328 e. The zero-order valence-corrected chi connectivity index (χ0v) is 24.6. The van der Waals surface area contributed by atoms with Gasteiger partial charge in [0.25, 0.3) is 15.9 Å². The van der Waals surface area contributed by atoms with Crippen molar-refractivity contribution in [3.63, 3.8) is 0 Å². The highest BCUT2D eigenvalue weighted by atomic mass is 32.2. The molecule has 11 nitrogen and oxygen atoms in total. The lowest BCUT2D eigenvalue weighted by Crippen LogP contribution is -2.46. The first-order chi connectivity index (χ1) is 19.9. The van der Waals surface area contributed by atoms with Crippen LogP contribution in [0.2, 0.25) is 0 Å². The number of rotatable bonds is 10. The third kappa shape index (κ3) is 7.79. The van der Waals surface area contributed by atoms with E-state index in [9.17, 15) is 22.4 Å². The Kier molecular flexibility index (Phi) is 9.74. The van der Waals surface area contributed by atoms with Crippen LogP contribution in [0, 0.1) is 5.82 Å². The molecular weight excluding hydrogens is 563 g/mol. The number of sulfonamides is 1. The molecule has 2 aromatic carbocycles. The average Bonchev–Trinajstić information content (AvgIpc) is 2.97. The van der Waals surface area contributed by atoms with Gasteiger partial charge in [0.1, 0.15) is 5.82 Å². The molecule has 2 heterocycles. The molecule has 42 heavy (non-hydrogen) atoms. The maximum absolute atomic E-state index is 14.6. The Labute approximate surface area is 245 Å². The quantitative estimate of drug-likeness (QED) is 0.335. The molecule has 0 radical (unpaired) electrons. The lowest BCUT2D eigenvalue weighted by molar-refractivity contribution is -0.182. The lowest BCUT2D eigenvalue weighted by Gasteiger charge is -2.34. The van der Waals surface area contributed by atoms with Crippen LogP contribution < -0.4 is 15.5 Å². The highest BCUT2D eigenvalue weighted by Gasteiger charge is 2.38. The van der Waals surface area contributed by atoms with Gasteiger partial charge < -0.3 is 20.4 Å². The third-order valence-corrected chi connectivity index (χ3v) is 8.49. The third-order valence-electron chi connectivity index (χ3n) is 6.56. The van der Waals surface area contributed by atoms with Crippen molar-refractivity contribution < 1.29 is 27.2 Å². The van der Waals surface area contributed by atoms with Crippen LogP contribution in [0.3, 0.4) is 0 Å². The number of aromatic nitrogens is 2. The zero-order valence-electron chi connectivity index (χ0n) is 23.8. The van der Waals surface area contributed by atoms with E-state index in [1.807, 2.05) is 0 Å². The van der Waals surface area contributed by atoms with Crippen molar-refractivity contribution >= 4 is 33.5 Å². The van der Waals surface area contributed by atoms with Crippen LogP contribution in [0.25, 0.3) is 0 Å². The Hall–Kier alpha value is -4.10. The van der Waals surface area contributed by atoms with Gasteiger partial charge in [-0.3, -0.25) is 9.59 Å². The molecule has 1 aliphatic rings. The SMILES string of the molecule is CC(C)(C)N(OC(=O)CCNC(=O)c1cc(N2CCC(Nc3ncccn3)CC2)ccc1F)S(=O)(=O)c1ccccc1. The summed E-state index contributed by atoms with van der Waals surface area (Å²) in [4.78, 5) is 41.1. The predicted octanol–water partition coefficient (Wildman–Crippen LogP) is 3.76. The molecule has 1 saturated heterocycles. The summed E-state index contributed by atoms with van der Waals surface area (Å²) in [5.41, 5.74) is -0.513. The van der Waals surface area contributed by atoms with E-state index in [1.165, 1.54) is 24.3 Å². The molecule has 1 aromatic heterocycles. The fraction of sp³-hybridized carbons (Fsp3) is 0.379. The Morgan fingerprint density at radius 1 is 1.05 bits per heavy atom. The van der Waals surface area contributed by atoms with Gasteiger partial charge in [0.15, 0.2) is 0 Å².